The van der Waals surface area contributed by atoms with E-state index >= 15 is 0 Å². The molecule has 5 nitrogen and oxygen atoms in total. The Hall–Kier alpha value is -0.620. The van der Waals surface area contributed by atoms with E-state index in [1.54, 1.807) is 0 Å². The fraction of sp³-hybridized carbons (Fsp3) is 0.917. The van der Waals surface area contributed by atoms with Crippen LogP contribution in [0.5, 0.6) is 0 Å². The average Bonchev–Trinajstić information content (AvgIpc) is 2.68. The first kappa shape index (κ1) is 15.4. The fourth-order valence-corrected chi connectivity index (χ4v) is 4.00. The molecule has 2 atom stereocenters. The number of carbonyl (C=O) groups is 1. The molecule has 0 spiro atoms. The van der Waals surface area contributed by atoms with Crippen LogP contribution >= 0.6 is 0 Å². The smallest absolute Gasteiger partial charge is 0.310 e. The summed E-state index contributed by atoms with van der Waals surface area (Å²) in [5, 5.41) is 0. The van der Waals surface area contributed by atoms with E-state index in [1.807, 2.05) is 20.8 Å². The minimum absolute atomic E-state index is 0.0197. The Morgan fingerprint density at radius 2 is 2.00 bits per heavy atom. The van der Waals surface area contributed by atoms with E-state index in [0.717, 1.165) is 0 Å². The molecule has 0 aromatic heterocycles. The highest BCUT2D eigenvalue weighted by atomic mass is 32.2. The number of methoxy groups -OCH3 is 1. The first-order valence-electron chi connectivity index (χ1n) is 6.33. The van der Waals surface area contributed by atoms with Crippen molar-refractivity contribution in [2.24, 2.45) is 17.8 Å². The minimum atomic E-state index is -3.24. The lowest BCUT2D eigenvalue weighted by Gasteiger charge is -2.16. The van der Waals surface area contributed by atoms with Gasteiger partial charge in [0.1, 0.15) is 0 Å². The Labute approximate surface area is 110 Å². The van der Waals surface area contributed by atoms with Gasteiger partial charge in [-0.3, -0.25) is 4.79 Å². The van der Waals surface area contributed by atoms with Gasteiger partial charge in [-0.15, -0.1) is 0 Å². The Bertz CT molecular complexity index is 391. The molecule has 0 N–H and O–H groups in total. The molecule has 1 fully saturated rings. The van der Waals surface area contributed by atoms with Gasteiger partial charge in [0.25, 0.3) is 0 Å². The summed E-state index contributed by atoms with van der Waals surface area (Å²) < 4.78 is 30.4. The second kappa shape index (κ2) is 6.02. The molecule has 1 rings (SSSR count). The molecule has 1 aliphatic rings. The largest absolute Gasteiger partial charge is 0.469 e. The third kappa shape index (κ3) is 3.68. The summed E-state index contributed by atoms with van der Waals surface area (Å²) >= 11 is 0. The molecule has 1 heterocycles. The van der Waals surface area contributed by atoms with Crippen molar-refractivity contribution in [3.8, 4) is 0 Å². The highest BCUT2D eigenvalue weighted by molar-refractivity contribution is 7.89. The number of hydrogen-bond donors (Lipinski definition) is 0. The lowest BCUT2D eigenvalue weighted by molar-refractivity contribution is -0.145. The van der Waals surface area contributed by atoms with Crippen molar-refractivity contribution < 1.29 is 17.9 Å². The molecule has 0 amide bonds. The number of esters is 1. The first-order chi connectivity index (χ1) is 8.27. The van der Waals surface area contributed by atoms with Gasteiger partial charge in [0.2, 0.25) is 10.0 Å². The van der Waals surface area contributed by atoms with E-state index in [-0.39, 0.29) is 30.1 Å². The number of nitrogens with zero attached hydrogens (tertiary/aromatic N) is 1. The van der Waals surface area contributed by atoms with E-state index < -0.39 is 10.0 Å². The van der Waals surface area contributed by atoms with Crippen molar-refractivity contribution >= 4 is 16.0 Å². The summed E-state index contributed by atoms with van der Waals surface area (Å²) in [7, 11) is -1.90. The normalized spacial score (nSPS) is 25.6. The van der Waals surface area contributed by atoms with Crippen molar-refractivity contribution in [1.82, 2.24) is 4.31 Å². The molecule has 0 radical (unpaired) electrons. The quantitative estimate of drug-likeness (QED) is 0.706. The highest BCUT2D eigenvalue weighted by Crippen LogP contribution is 2.27. The third-order valence-electron chi connectivity index (χ3n) is 3.43. The van der Waals surface area contributed by atoms with Gasteiger partial charge in [0.05, 0.1) is 18.8 Å². The molecule has 0 aliphatic carbocycles. The number of sulfonamides is 1. The van der Waals surface area contributed by atoms with E-state index in [9.17, 15) is 13.2 Å². The zero-order valence-electron chi connectivity index (χ0n) is 11.5. The van der Waals surface area contributed by atoms with Gasteiger partial charge in [-0.2, -0.15) is 0 Å². The van der Waals surface area contributed by atoms with Crippen LogP contribution < -0.4 is 0 Å². The zero-order chi connectivity index (χ0) is 13.9. The lowest BCUT2D eigenvalue weighted by Crippen LogP contribution is -2.32. The third-order valence-corrected chi connectivity index (χ3v) is 5.27. The van der Waals surface area contributed by atoms with Gasteiger partial charge in [0, 0.05) is 13.1 Å². The van der Waals surface area contributed by atoms with Crippen LogP contribution in [0.3, 0.4) is 0 Å². The number of ether oxygens (including phenoxy) is 1. The Morgan fingerprint density at radius 3 is 2.50 bits per heavy atom. The van der Waals surface area contributed by atoms with Gasteiger partial charge < -0.3 is 4.74 Å². The van der Waals surface area contributed by atoms with Crippen molar-refractivity contribution in [2.75, 3.05) is 26.0 Å². The molecule has 1 saturated heterocycles. The summed E-state index contributed by atoms with van der Waals surface area (Å²) in [6, 6.07) is 0. The molecule has 1 aliphatic heterocycles. The van der Waals surface area contributed by atoms with Crippen LogP contribution in [-0.2, 0) is 19.6 Å². The topological polar surface area (TPSA) is 63.7 Å². The predicted molar refractivity (Wildman–Crippen MR) is 69.5 cm³/mol. The van der Waals surface area contributed by atoms with Crippen LogP contribution in [0.15, 0.2) is 0 Å². The van der Waals surface area contributed by atoms with Gasteiger partial charge in [-0.05, 0) is 18.3 Å². The van der Waals surface area contributed by atoms with Gasteiger partial charge in [0.15, 0.2) is 0 Å². The first-order valence-corrected chi connectivity index (χ1v) is 7.94. The Balaban J connectivity index is 2.67. The summed E-state index contributed by atoms with van der Waals surface area (Å²) in [5.41, 5.74) is 0. The van der Waals surface area contributed by atoms with Crippen LogP contribution in [-0.4, -0.2) is 44.6 Å². The molecule has 106 valence electrons. The molecule has 0 bridgehead atoms. The van der Waals surface area contributed by atoms with Crippen molar-refractivity contribution in [3.05, 3.63) is 0 Å². The average molecular weight is 277 g/mol. The molecule has 0 saturated carbocycles. The van der Waals surface area contributed by atoms with Gasteiger partial charge in [-0.1, -0.05) is 20.8 Å². The summed E-state index contributed by atoms with van der Waals surface area (Å²) in [4.78, 5) is 11.5. The van der Waals surface area contributed by atoms with Gasteiger partial charge >= 0.3 is 5.97 Å². The SMILES string of the molecule is COC(=O)C1CN(S(=O)(=O)CCC(C)C)CC1C. The standard InChI is InChI=1S/C12H23NO4S/c1-9(2)5-6-18(15,16)13-7-10(3)11(8-13)12(14)17-4/h9-11H,5-8H2,1-4H3. The molecular formula is C12H23NO4S. The van der Waals surface area contributed by atoms with Crippen LogP contribution in [0.4, 0.5) is 0 Å². The molecule has 2 unspecified atom stereocenters. The predicted octanol–water partition coefficient (Wildman–Crippen LogP) is 1.10. The molecule has 0 aromatic carbocycles. The summed E-state index contributed by atoms with van der Waals surface area (Å²) in [6.45, 7) is 6.56. The van der Waals surface area contributed by atoms with Crippen LogP contribution in [0, 0.1) is 17.8 Å². The maximum Gasteiger partial charge on any atom is 0.310 e. The monoisotopic (exact) mass is 277 g/mol. The van der Waals surface area contributed by atoms with Crippen molar-refractivity contribution in [1.29, 1.82) is 0 Å². The van der Waals surface area contributed by atoms with Gasteiger partial charge in [-0.25, -0.2) is 12.7 Å². The lowest BCUT2D eigenvalue weighted by atomic mass is 9.99. The molecule has 0 aromatic rings. The van der Waals surface area contributed by atoms with Crippen molar-refractivity contribution in [2.45, 2.75) is 27.2 Å². The van der Waals surface area contributed by atoms with Crippen LogP contribution in [0.25, 0.3) is 0 Å². The van der Waals surface area contributed by atoms with Crippen molar-refractivity contribution in [3.63, 3.8) is 0 Å². The Morgan fingerprint density at radius 1 is 1.39 bits per heavy atom. The second-order valence-electron chi connectivity index (χ2n) is 5.42. The number of rotatable bonds is 5. The van der Waals surface area contributed by atoms with Crippen LogP contribution in [0.1, 0.15) is 27.2 Å². The summed E-state index contributed by atoms with van der Waals surface area (Å²) in [5.74, 6) is -0.110. The molecule has 18 heavy (non-hydrogen) atoms. The minimum Gasteiger partial charge on any atom is -0.469 e. The Kier molecular flexibility index (Phi) is 5.16. The number of hydrogen-bond acceptors (Lipinski definition) is 4. The second-order valence-corrected chi connectivity index (χ2v) is 7.51. The maximum absolute atomic E-state index is 12.1. The maximum atomic E-state index is 12.1. The van der Waals surface area contributed by atoms with E-state index in [1.165, 1.54) is 11.4 Å². The van der Waals surface area contributed by atoms with E-state index in [4.69, 9.17) is 4.74 Å². The van der Waals surface area contributed by atoms with Crippen LogP contribution in [0.2, 0.25) is 0 Å². The zero-order valence-corrected chi connectivity index (χ0v) is 12.4. The summed E-state index contributed by atoms with van der Waals surface area (Å²) in [6.07, 6.45) is 0.649. The van der Waals surface area contributed by atoms with E-state index in [0.29, 0.717) is 18.9 Å². The molecule has 6 heteroatoms. The number of carbonyl (C=O) groups excluding carboxylic acids is 1. The fourth-order valence-electron chi connectivity index (χ4n) is 2.12. The highest BCUT2D eigenvalue weighted by Gasteiger charge is 2.40. The van der Waals surface area contributed by atoms with E-state index in [2.05, 4.69) is 0 Å². The molecular weight excluding hydrogens is 254 g/mol.